The van der Waals surface area contributed by atoms with Crippen molar-refractivity contribution in [3.05, 3.63) is 0 Å². The van der Waals surface area contributed by atoms with E-state index in [0.29, 0.717) is 13.0 Å². The van der Waals surface area contributed by atoms with Gasteiger partial charge >= 0.3 is 0 Å². The molecule has 0 heterocycles. The Hall–Kier alpha value is -0.160. The lowest BCUT2D eigenvalue weighted by Crippen LogP contribution is -2.26. The zero-order valence-electron chi connectivity index (χ0n) is 4.71. The maximum absolute atomic E-state index is 8.34. The highest BCUT2D eigenvalue weighted by molar-refractivity contribution is 4.55. The molecule has 0 bridgehead atoms. The zero-order valence-corrected chi connectivity index (χ0v) is 4.71. The van der Waals surface area contributed by atoms with Gasteiger partial charge in [-0.25, -0.2) is 5.90 Å². The van der Waals surface area contributed by atoms with Gasteiger partial charge in [-0.2, -0.15) is 0 Å². The lowest BCUT2D eigenvalue weighted by atomic mass is 10.2. The summed E-state index contributed by atoms with van der Waals surface area (Å²) >= 11 is 0. The molecule has 1 unspecified atom stereocenters. The van der Waals surface area contributed by atoms with Crippen LogP contribution in [0.1, 0.15) is 6.42 Å². The van der Waals surface area contributed by atoms with Crippen molar-refractivity contribution >= 4 is 0 Å². The van der Waals surface area contributed by atoms with Crippen LogP contribution < -0.4 is 11.6 Å². The fourth-order valence-electron chi connectivity index (χ4n) is 0.311. The van der Waals surface area contributed by atoms with Crippen molar-refractivity contribution in [2.45, 2.75) is 12.5 Å². The third kappa shape index (κ3) is 4.01. The fraction of sp³-hybridized carbons (Fsp3) is 1.00. The maximum Gasteiger partial charge on any atom is 0.0694 e. The molecular weight excluding hydrogens is 108 g/mol. The molecule has 4 nitrogen and oxygen atoms in total. The zero-order chi connectivity index (χ0) is 6.41. The average Bonchev–Trinajstić information content (AvgIpc) is 1.83. The summed E-state index contributed by atoms with van der Waals surface area (Å²) in [7, 11) is 0. The van der Waals surface area contributed by atoms with Crippen molar-refractivity contribution in [1.82, 2.24) is 0 Å². The molecule has 0 amide bonds. The van der Waals surface area contributed by atoms with Gasteiger partial charge in [0.15, 0.2) is 0 Å². The molecule has 0 saturated carbocycles. The molecule has 0 aromatic carbocycles. The Morgan fingerprint density at radius 2 is 2.25 bits per heavy atom. The molecule has 0 aliphatic rings. The van der Waals surface area contributed by atoms with Gasteiger partial charge in [0.2, 0.25) is 0 Å². The van der Waals surface area contributed by atoms with E-state index in [-0.39, 0.29) is 12.6 Å². The summed E-state index contributed by atoms with van der Waals surface area (Å²) < 4.78 is 0. The molecule has 5 N–H and O–H groups in total. The second kappa shape index (κ2) is 4.99. The summed E-state index contributed by atoms with van der Waals surface area (Å²) in [6.07, 6.45) is 0.604. The first-order valence-electron chi connectivity index (χ1n) is 2.49. The van der Waals surface area contributed by atoms with Gasteiger partial charge in [-0.3, -0.25) is 0 Å². The highest BCUT2D eigenvalue weighted by Gasteiger charge is 1.96. The van der Waals surface area contributed by atoms with Crippen molar-refractivity contribution in [3.8, 4) is 0 Å². The Bertz CT molecular complexity index is 51.3. The van der Waals surface area contributed by atoms with Crippen molar-refractivity contribution in [1.29, 1.82) is 0 Å². The normalized spacial score (nSPS) is 13.9. The summed E-state index contributed by atoms with van der Waals surface area (Å²) in [5, 5.41) is 8.34. The number of aliphatic hydroxyl groups excluding tert-OH is 1. The number of hydrogen-bond donors (Lipinski definition) is 3. The van der Waals surface area contributed by atoms with Crippen LogP contribution in [0.15, 0.2) is 0 Å². The molecule has 0 rings (SSSR count). The van der Waals surface area contributed by atoms with Crippen molar-refractivity contribution in [3.63, 3.8) is 0 Å². The second-order valence-electron chi connectivity index (χ2n) is 1.60. The van der Waals surface area contributed by atoms with E-state index >= 15 is 0 Å². The molecule has 0 aliphatic carbocycles. The predicted molar refractivity (Wildman–Crippen MR) is 29.8 cm³/mol. The monoisotopic (exact) mass is 120 g/mol. The smallest absolute Gasteiger partial charge is 0.0694 e. The van der Waals surface area contributed by atoms with Gasteiger partial charge in [0.05, 0.1) is 13.2 Å². The Kier molecular flexibility index (Phi) is 4.89. The van der Waals surface area contributed by atoms with Gasteiger partial charge in [0.25, 0.3) is 0 Å². The molecule has 8 heavy (non-hydrogen) atoms. The van der Waals surface area contributed by atoms with Crippen LogP contribution in [0.25, 0.3) is 0 Å². The van der Waals surface area contributed by atoms with E-state index in [9.17, 15) is 0 Å². The highest BCUT2D eigenvalue weighted by atomic mass is 16.6. The first-order chi connectivity index (χ1) is 3.81. The molecule has 0 fully saturated rings. The lowest BCUT2D eigenvalue weighted by molar-refractivity contribution is 0.122. The quantitative estimate of drug-likeness (QED) is 0.398. The lowest BCUT2D eigenvalue weighted by Gasteiger charge is -2.04. The summed E-state index contributed by atoms with van der Waals surface area (Å²) in [6, 6.07) is -0.196. The third-order valence-corrected chi connectivity index (χ3v) is 0.841. The van der Waals surface area contributed by atoms with Gasteiger partial charge in [-0.05, 0) is 6.42 Å². The van der Waals surface area contributed by atoms with E-state index in [4.69, 9.17) is 16.7 Å². The molecule has 0 aromatic heterocycles. The van der Waals surface area contributed by atoms with Crippen LogP contribution in [0.3, 0.4) is 0 Å². The standard InChI is InChI=1S/C4H12N2O2/c5-4(3-7)1-2-8-6/h4,7H,1-3,5-6H2. The van der Waals surface area contributed by atoms with Crippen molar-refractivity contribution in [2.75, 3.05) is 13.2 Å². The highest BCUT2D eigenvalue weighted by Crippen LogP contribution is 1.83. The third-order valence-electron chi connectivity index (χ3n) is 0.841. The summed E-state index contributed by atoms with van der Waals surface area (Å²) in [5.74, 6) is 4.69. The molecule has 0 aromatic rings. The maximum atomic E-state index is 8.34. The number of rotatable bonds is 4. The van der Waals surface area contributed by atoms with Crippen molar-refractivity contribution < 1.29 is 9.94 Å². The Morgan fingerprint density at radius 1 is 1.62 bits per heavy atom. The van der Waals surface area contributed by atoms with Gasteiger partial charge < -0.3 is 15.7 Å². The Balaban J connectivity index is 2.86. The predicted octanol–water partition coefficient (Wildman–Crippen LogP) is -1.41. The van der Waals surface area contributed by atoms with E-state index in [2.05, 4.69) is 4.84 Å². The van der Waals surface area contributed by atoms with Crippen LogP contribution in [-0.2, 0) is 4.84 Å². The molecule has 1 atom stereocenters. The average molecular weight is 120 g/mol. The molecule has 50 valence electrons. The van der Waals surface area contributed by atoms with E-state index in [1.54, 1.807) is 0 Å². The fourth-order valence-corrected chi connectivity index (χ4v) is 0.311. The second-order valence-corrected chi connectivity index (χ2v) is 1.60. The van der Waals surface area contributed by atoms with Gasteiger partial charge in [0, 0.05) is 6.04 Å². The van der Waals surface area contributed by atoms with Crippen LogP contribution in [-0.4, -0.2) is 24.4 Å². The molecule has 0 spiro atoms. The largest absolute Gasteiger partial charge is 0.395 e. The van der Waals surface area contributed by atoms with Gasteiger partial charge in [0.1, 0.15) is 0 Å². The number of hydrogen-bond acceptors (Lipinski definition) is 4. The van der Waals surface area contributed by atoms with Crippen LogP contribution >= 0.6 is 0 Å². The van der Waals surface area contributed by atoms with E-state index in [1.807, 2.05) is 0 Å². The van der Waals surface area contributed by atoms with E-state index in [1.165, 1.54) is 0 Å². The minimum atomic E-state index is -0.196. The van der Waals surface area contributed by atoms with Crippen LogP contribution in [0.2, 0.25) is 0 Å². The Morgan fingerprint density at radius 3 is 2.62 bits per heavy atom. The van der Waals surface area contributed by atoms with Crippen molar-refractivity contribution in [2.24, 2.45) is 11.6 Å². The van der Waals surface area contributed by atoms with Crippen LogP contribution in [0.5, 0.6) is 0 Å². The number of nitrogens with two attached hydrogens (primary N) is 2. The first-order valence-corrected chi connectivity index (χ1v) is 2.49. The topological polar surface area (TPSA) is 81.5 Å². The SMILES string of the molecule is NOCCC(N)CO. The van der Waals surface area contributed by atoms with Crippen LogP contribution in [0, 0.1) is 0 Å². The number of aliphatic hydroxyl groups is 1. The molecular formula is C4H12N2O2. The summed E-state index contributed by atoms with van der Waals surface area (Å²) in [5.41, 5.74) is 5.27. The minimum absolute atomic E-state index is 0.0106. The Labute approximate surface area is 48.4 Å². The van der Waals surface area contributed by atoms with Crippen LogP contribution in [0.4, 0.5) is 0 Å². The summed E-state index contributed by atoms with van der Waals surface area (Å²) in [4.78, 5) is 4.22. The molecule has 0 aliphatic heterocycles. The molecule has 0 saturated heterocycles. The molecule has 4 heteroatoms. The molecule has 0 radical (unpaired) electrons. The summed E-state index contributed by atoms with van der Waals surface area (Å²) in [6.45, 7) is 0.394. The van der Waals surface area contributed by atoms with Gasteiger partial charge in [-0.15, -0.1) is 0 Å². The first kappa shape index (κ1) is 7.84. The minimum Gasteiger partial charge on any atom is -0.395 e. The van der Waals surface area contributed by atoms with E-state index in [0.717, 1.165) is 0 Å². The van der Waals surface area contributed by atoms with E-state index < -0.39 is 0 Å². The van der Waals surface area contributed by atoms with Gasteiger partial charge in [-0.1, -0.05) is 0 Å².